The van der Waals surface area contributed by atoms with E-state index in [4.69, 9.17) is 0 Å². The fourth-order valence-electron chi connectivity index (χ4n) is 6.66. The number of fused-ring (bicyclic) bond motifs is 2. The van der Waals surface area contributed by atoms with E-state index in [0.717, 1.165) is 48.6 Å². The van der Waals surface area contributed by atoms with E-state index in [0.29, 0.717) is 24.4 Å². The van der Waals surface area contributed by atoms with Gasteiger partial charge in [-0.15, -0.1) is 0 Å². The summed E-state index contributed by atoms with van der Waals surface area (Å²) in [5, 5.41) is 4.68. The number of likely N-dealkylation sites (tertiary alicyclic amines) is 1. The lowest BCUT2D eigenvalue weighted by Gasteiger charge is -2.48. The summed E-state index contributed by atoms with van der Waals surface area (Å²) < 4.78 is 45.1. The SMILES string of the molecule is CC(C)(C)c1ccc(S(=O)(=O)N2CCC3=Cc4c(cnn4-c4ccc(F)cc4)CC3(CN3CCCCC3)C2)cc1. The Labute approximate surface area is 237 Å². The highest BCUT2D eigenvalue weighted by Crippen LogP contribution is 2.46. The maximum Gasteiger partial charge on any atom is 0.243 e. The maximum absolute atomic E-state index is 14.0. The van der Waals surface area contributed by atoms with Gasteiger partial charge >= 0.3 is 0 Å². The second-order valence-electron chi connectivity index (χ2n) is 12.8. The van der Waals surface area contributed by atoms with Gasteiger partial charge in [0.2, 0.25) is 10.0 Å². The third kappa shape index (κ3) is 5.06. The lowest BCUT2D eigenvalue weighted by atomic mass is 9.68. The largest absolute Gasteiger partial charge is 0.302 e. The number of hydrogen-bond donors (Lipinski definition) is 0. The normalized spacial score (nSPS) is 22.4. The molecule has 1 aliphatic carbocycles. The minimum Gasteiger partial charge on any atom is -0.302 e. The molecule has 0 saturated carbocycles. The Morgan fingerprint density at radius 2 is 1.65 bits per heavy atom. The second-order valence-corrected chi connectivity index (χ2v) is 14.7. The molecule has 0 radical (unpaired) electrons. The molecule has 0 spiro atoms. The molecule has 40 heavy (non-hydrogen) atoms. The van der Waals surface area contributed by atoms with Gasteiger partial charge in [0.05, 0.1) is 22.5 Å². The highest BCUT2D eigenvalue weighted by atomic mass is 32.2. The Bertz CT molecular complexity index is 1510. The van der Waals surface area contributed by atoms with Crippen molar-refractivity contribution in [3.63, 3.8) is 0 Å². The van der Waals surface area contributed by atoms with Gasteiger partial charge in [-0.05, 0) is 97.8 Å². The standard InChI is InChI=1S/C32H39FN4O2S/c1-31(2,3)25-7-13-29(14-8-25)40(38,39)36-18-15-26-19-30-24(21-34-37(30)28-11-9-27(33)10-12-28)20-32(26,23-36)22-35-16-5-4-6-17-35/h7-14,19,21H,4-6,15-18,20,22-23H2,1-3H3. The van der Waals surface area contributed by atoms with E-state index in [1.807, 2.05) is 23.0 Å². The molecule has 2 aliphatic heterocycles. The topological polar surface area (TPSA) is 58.4 Å². The van der Waals surface area contributed by atoms with E-state index < -0.39 is 10.0 Å². The molecule has 3 aliphatic rings. The van der Waals surface area contributed by atoms with Crippen LogP contribution >= 0.6 is 0 Å². The van der Waals surface area contributed by atoms with Gasteiger partial charge in [0, 0.05) is 25.0 Å². The fraction of sp³-hybridized carbons (Fsp3) is 0.469. The van der Waals surface area contributed by atoms with Gasteiger partial charge in [-0.25, -0.2) is 17.5 Å². The molecular weight excluding hydrogens is 523 g/mol. The van der Waals surface area contributed by atoms with E-state index in [-0.39, 0.29) is 16.6 Å². The molecule has 1 unspecified atom stereocenters. The minimum atomic E-state index is -3.64. The lowest BCUT2D eigenvalue weighted by molar-refractivity contribution is 0.115. The maximum atomic E-state index is 14.0. The lowest BCUT2D eigenvalue weighted by Crippen LogP contribution is -2.54. The summed E-state index contributed by atoms with van der Waals surface area (Å²) in [5.74, 6) is -0.273. The number of sulfonamides is 1. The van der Waals surface area contributed by atoms with E-state index in [2.05, 4.69) is 36.8 Å². The van der Waals surface area contributed by atoms with Crippen molar-refractivity contribution in [1.29, 1.82) is 0 Å². The smallest absolute Gasteiger partial charge is 0.243 e. The first-order valence-corrected chi connectivity index (χ1v) is 15.9. The number of benzene rings is 2. The molecule has 1 aromatic heterocycles. The van der Waals surface area contributed by atoms with Gasteiger partial charge in [-0.2, -0.15) is 9.40 Å². The fourth-order valence-corrected chi connectivity index (χ4v) is 8.18. The highest BCUT2D eigenvalue weighted by molar-refractivity contribution is 7.89. The summed E-state index contributed by atoms with van der Waals surface area (Å²) in [5.41, 5.74) is 5.02. The predicted molar refractivity (Wildman–Crippen MR) is 156 cm³/mol. The first-order valence-electron chi connectivity index (χ1n) is 14.4. The Morgan fingerprint density at radius 1 is 0.950 bits per heavy atom. The summed E-state index contributed by atoms with van der Waals surface area (Å²) in [4.78, 5) is 2.89. The Kier molecular flexibility index (Phi) is 7.00. The summed E-state index contributed by atoms with van der Waals surface area (Å²) in [7, 11) is -3.64. The summed E-state index contributed by atoms with van der Waals surface area (Å²) in [6, 6.07) is 13.8. The number of hydrogen-bond acceptors (Lipinski definition) is 4. The predicted octanol–water partition coefficient (Wildman–Crippen LogP) is 5.82. The van der Waals surface area contributed by atoms with Gasteiger partial charge < -0.3 is 4.90 Å². The molecule has 212 valence electrons. The van der Waals surface area contributed by atoms with Crippen molar-refractivity contribution in [3.8, 4) is 5.69 Å². The van der Waals surface area contributed by atoms with E-state index >= 15 is 0 Å². The van der Waals surface area contributed by atoms with Gasteiger partial charge in [-0.3, -0.25) is 0 Å². The zero-order valence-electron chi connectivity index (χ0n) is 23.7. The quantitative estimate of drug-likeness (QED) is 0.394. The number of aromatic nitrogens is 2. The molecule has 6 nitrogen and oxygen atoms in total. The van der Waals surface area contributed by atoms with E-state index in [1.54, 1.807) is 28.6 Å². The van der Waals surface area contributed by atoms with Crippen LogP contribution in [0.3, 0.4) is 0 Å². The average molecular weight is 563 g/mol. The Morgan fingerprint density at radius 3 is 2.33 bits per heavy atom. The third-order valence-corrected chi connectivity index (χ3v) is 10.8. The van der Waals surface area contributed by atoms with E-state index in [1.165, 1.54) is 37.0 Å². The Hall–Kier alpha value is -2.81. The van der Waals surface area contributed by atoms with Crippen molar-refractivity contribution in [1.82, 2.24) is 19.0 Å². The molecular formula is C32H39FN4O2S. The van der Waals surface area contributed by atoms with Crippen LogP contribution in [0, 0.1) is 11.2 Å². The summed E-state index contributed by atoms with van der Waals surface area (Å²) in [6.45, 7) is 10.3. The van der Waals surface area contributed by atoms with Crippen LogP contribution in [0.1, 0.15) is 63.3 Å². The highest BCUT2D eigenvalue weighted by Gasteiger charge is 2.47. The molecule has 0 N–H and O–H groups in total. The number of halogens is 1. The van der Waals surface area contributed by atoms with Gasteiger partial charge in [0.1, 0.15) is 5.82 Å². The van der Waals surface area contributed by atoms with Crippen molar-refractivity contribution < 1.29 is 12.8 Å². The molecule has 2 saturated heterocycles. The summed E-state index contributed by atoms with van der Waals surface area (Å²) in [6.07, 6.45) is 9.19. The van der Waals surface area contributed by atoms with Crippen LogP contribution in [0.4, 0.5) is 4.39 Å². The zero-order chi connectivity index (χ0) is 28.1. The first kappa shape index (κ1) is 27.4. The molecule has 6 rings (SSSR count). The van der Waals surface area contributed by atoms with Crippen molar-refractivity contribution in [2.45, 2.75) is 63.2 Å². The van der Waals surface area contributed by atoms with Crippen LogP contribution in [-0.4, -0.2) is 60.1 Å². The molecule has 2 fully saturated rings. The van der Waals surface area contributed by atoms with Gasteiger partial charge in [0.25, 0.3) is 0 Å². The number of piperidine rings is 2. The van der Waals surface area contributed by atoms with Gasteiger partial charge in [0.15, 0.2) is 0 Å². The van der Waals surface area contributed by atoms with Crippen LogP contribution in [0.5, 0.6) is 0 Å². The van der Waals surface area contributed by atoms with Crippen molar-refractivity contribution >= 4 is 16.1 Å². The molecule has 3 aromatic rings. The number of rotatable bonds is 5. The van der Waals surface area contributed by atoms with Crippen molar-refractivity contribution in [2.24, 2.45) is 5.41 Å². The molecule has 0 bridgehead atoms. The minimum absolute atomic E-state index is 0.0379. The van der Waals surface area contributed by atoms with Crippen LogP contribution in [0.25, 0.3) is 11.8 Å². The van der Waals surface area contributed by atoms with E-state index in [9.17, 15) is 12.8 Å². The monoisotopic (exact) mass is 562 g/mol. The molecule has 0 amide bonds. The van der Waals surface area contributed by atoms with Crippen LogP contribution < -0.4 is 0 Å². The van der Waals surface area contributed by atoms with Crippen molar-refractivity contribution in [3.05, 3.63) is 82.9 Å². The Balaban J connectivity index is 1.35. The molecule has 1 atom stereocenters. The van der Waals surface area contributed by atoms with Crippen LogP contribution in [-0.2, 0) is 21.9 Å². The molecule has 2 aromatic carbocycles. The molecule has 8 heteroatoms. The van der Waals surface area contributed by atoms with Gasteiger partial charge in [-0.1, -0.05) is 44.9 Å². The van der Waals surface area contributed by atoms with Crippen molar-refractivity contribution in [2.75, 3.05) is 32.7 Å². The zero-order valence-corrected chi connectivity index (χ0v) is 24.6. The number of nitrogens with zero attached hydrogens (tertiary/aromatic N) is 4. The van der Waals surface area contributed by atoms with Crippen LogP contribution in [0.15, 0.2) is 65.2 Å². The second kappa shape index (κ2) is 10.2. The average Bonchev–Trinajstić information content (AvgIpc) is 3.34. The summed E-state index contributed by atoms with van der Waals surface area (Å²) >= 11 is 0. The third-order valence-electron chi connectivity index (χ3n) is 8.92. The molecule has 3 heterocycles. The van der Waals surface area contributed by atoms with Crippen LogP contribution in [0.2, 0.25) is 0 Å². The first-order chi connectivity index (χ1) is 19.0.